The van der Waals surface area contributed by atoms with Crippen LogP contribution >= 0.6 is 0 Å². The van der Waals surface area contributed by atoms with E-state index in [2.05, 4.69) is 9.88 Å². The third kappa shape index (κ3) is 3.80. The topological polar surface area (TPSA) is 153 Å². The second-order valence-electron chi connectivity index (χ2n) is 6.44. The third-order valence-corrected chi connectivity index (χ3v) is 5.56. The van der Waals surface area contributed by atoms with E-state index in [9.17, 15) is 17.8 Å². The van der Waals surface area contributed by atoms with Crippen LogP contribution in [0.2, 0.25) is 0 Å². The van der Waals surface area contributed by atoms with Gasteiger partial charge in [0, 0.05) is 30.2 Å². The van der Waals surface area contributed by atoms with Crippen LogP contribution in [0.25, 0.3) is 33.5 Å². The van der Waals surface area contributed by atoms with Crippen molar-refractivity contribution in [2.75, 3.05) is 18.0 Å². The van der Waals surface area contributed by atoms with Crippen molar-refractivity contribution >= 4 is 37.9 Å². The first-order chi connectivity index (χ1) is 13.8. The van der Waals surface area contributed by atoms with E-state index in [4.69, 9.17) is 8.83 Å². The lowest BCUT2D eigenvalue weighted by molar-refractivity contribution is 0.463. The first-order valence-corrected chi connectivity index (χ1v) is 10.4. The van der Waals surface area contributed by atoms with Gasteiger partial charge < -0.3 is 24.4 Å². The minimum absolute atomic E-state index is 0. The molecule has 4 N–H and O–H groups in total. The predicted molar refractivity (Wildman–Crippen MR) is 113 cm³/mol. The van der Waals surface area contributed by atoms with Crippen LogP contribution in [0.15, 0.2) is 61.0 Å². The average Bonchev–Trinajstić information content (AvgIpc) is 3.10. The van der Waals surface area contributed by atoms with Crippen LogP contribution in [0.1, 0.15) is 13.8 Å². The molecule has 0 amide bonds. The maximum absolute atomic E-state index is 12.5. The smallest absolute Gasteiger partial charge is 0.349 e. The Morgan fingerprint density at radius 2 is 1.73 bits per heavy atom. The van der Waals surface area contributed by atoms with Gasteiger partial charge in [-0.2, -0.15) is 0 Å². The molecule has 0 bridgehead atoms. The number of benzene rings is 2. The molecule has 0 unspecified atom stereocenters. The van der Waals surface area contributed by atoms with E-state index in [1.54, 1.807) is 6.07 Å². The van der Waals surface area contributed by atoms with Crippen LogP contribution in [0.5, 0.6) is 0 Å². The molecule has 4 aromatic rings. The highest BCUT2D eigenvalue weighted by Gasteiger charge is 2.16. The molecule has 0 aliphatic heterocycles. The quantitative estimate of drug-likeness (QED) is 0.370. The lowest BCUT2D eigenvalue weighted by Crippen LogP contribution is -2.21. The van der Waals surface area contributed by atoms with E-state index in [1.807, 2.05) is 32.0 Å². The zero-order valence-electron chi connectivity index (χ0n) is 16.7. The highest BCUT2D eigenvalue weighted by atomic mass is 32.2. The van der Waals surface area contributed by atoms with Crippen molar-refractivity contribution in [3.05, 3.63) is 52.9 Å². The number of anilines is 1. The molecule has 158 valence electrons. The summed E-state index contributed by atoms with van der Waals surface area (Å²) in [5.74, 6) is -0.0103. The van der Waals surface area contributed by atoms with Crippen molar-refractivity contribution in [3.8, 4) is 11.5 Å². The fourth-order valence-electron chi connectivity index (χ4n) is 3.21. The number of aromatic nitrogens is 1. The predicted octanol–water partition coefficient (Wildman–Crippen LogP) is 3.73. The molecule has 0 aliphatic carbocycles. The summed E-state index contributed by atoms with van der Waals surface area (Å²) in [6, 6.07) is 10.8. The number of fused-ring (bicyclic) bond motifs is 2. The van der Waals surface area contributed by atoms with Gasteiger partial charge in [-0.1, -0.05) is 0 Å². The molecular weight excluding hydrogens is 410 g/mol. The third-order valence-electron chi connectivity index (χ3n) is 4.73. The Kier molecular flexibility index (Phi) is 5.66. The van der Waals surface area contributed by atoms with Crippen LogP contribution in [0, 0.1) is 0 Å². The second kappa shape index (κ2) is 7.90. The lowest BCUT2D eigenvalue weighted by Gasteiger charge is -2.20. The first-order valence-electron chi connectivity index (χ1n) is 9.00. The molecule has 0 radical (unpaired) electrons. The zero-order chi connectivity index (χ0) is 20.8. The van der Waals surface area contributed by atoms with Crippen LogP contribution in [0.3, 0.4) is 0 Å². The summed E-state index contributed by atoms with van der Waals surface area (Å²) >= 11 is 0. The van der Waals surface area contributed by atoms with Gasteiger partial charge >= 0.3 is 5.63 Å². The average molecular weight is 431 g/mol. The Bertz CT molecular complexity index is 1390. The van der Waals surface area contributed by atoms with Gasteiger partial charge in [0.1, 0.15) is 26.8 Å². The number of oxazole rings is 1. The van der Waals surface area contributed by atoms with Gasteiger partial charge in [0.15, 0.2) is 5.58 Å². The lowest BCUT2D eigenvalue weighted by atomic mass is 10.1. The summed E-state index contributed by atoms with van der Waals surface area (Å²) in [6.07, 6.45) is 0. The van der Waals surface area contributed by atoms with Crippen molar-refractivity contribution in [3.63, 3.8) is 0 Å². The van der Waals surface area contributed by atoms with E-state index in [-0.39, 0.29) is 28.7 Å². The molecule has 0 fully saturated rings. The number of nitrogens with zero attached hydrogens (tertiary/aromatic N) is 2. The number of hydrogen-bond acceptors (Lipinski definition) is 8. The second-order valence-corrected chi connectivity index (χ2v) is 7.82. The van der Waals surface area contributed by atoms with Crippen LogP contribution in [-0.4, -0.2) is 31.0 Å². The molecule has 0 aliphatic rings. The van der Waals surface area contributed by atoms with E-state index >= 15 is 0 Å². The molecular formula is C20H21N3O6S. The first kappa shape index (κ1) is 21.5. The van der Waals surface area contributed by atoms with Crippen molar-refractivity contribution in [1.82, 2.24) is 11.1 Å². The molecule has 2 aromatic carbocycles. The van der Waals surface area contributed by atoms with Crippen molar-refractivity contribution in [2.24, 2.45) is 0 Å². The highest BCUT2D eigenvalue weighted by molar-refractivity contribution is 7.85. The Morgan fingerprint density at radius 3 is 2.40 bits per heavy atom. The highest BCUT2D eigenvalue weighted by Crippen LogP contribution is 2.28. The monoisotopic (exact) mass is 431 g/mol. The van der Waals surface area contributed by atoms with Gasteiger partial charge in [-0.25, -0.2) is 18.2 Å². The van der Waals surface area contributed by atoms with Gasteiger partial charge in [0.25, 0.3) is 0 Å². The fraction of sp³-hybridized carbons (Fsp3) is 0.200. The van der Waals surface area contributed by atoms with Crippen LogP contribution < -0.4 is 16.7 Å². The fourth-order valence-corrected chi connectivity index (χ4v) is 3.70. The Labute approximate surface area is 172 Å². The number of hydrogen-bond donors (Lipinski definition) is 1. The Hall–Kier alpha value is -3.21. The molecule has 10 heteroatoms. The molecule has 0 spiro atoms. The molecule has 2 heterocycles. The number of rotatable bonds is 5. The van der Waals surface area contributed by atoms with E-state index in [0.717, 1.165) is 30.9 Å². The molecule has 0 saturated heterocycles. The van der Waals surface area contributed by atoms with Gasteiger partial charge in [0.05, 0.1) is 4.90 Å². The molecule has 0 atom stereocenters. The van der Waals surface area contributed by atoms with Crippen LogP contribution in [-0.2, 0) is 10.1 Å². The van der Waals surface area contributed by atoms with E-state index in [0.29, 0.717) is 11.0 Å². The summed E-state index contributed by atoms with van der Waals surface area (Å²) < 4.78 is 44.6. The summed E-state index contributed by atoms with van der Waals surface area (Å²) in [5.41, 5.74) is 1.29. The van der Waals surface area contributed by atoms with Gasteiger partial charge in [-0.15, -0.1) is 0 Å². The summed E-state index contributed by atoms with van der Waals surface area (Å²) in [6.45, 7) is 5.75. The standard InChI is InChI=1S/C20H18N2O6S.H3N/c1-3-22(4-2)13-6-5-12-9-15(20(23)28-18(12)10-13)19-21-16-11-14(29(24,25)26)7-8-17(16)27-19;/h5-11H,3-4H2,1-2H3,(H,24,25,26);1H3. The van der Waals surface area contributed by atoms with Crippen molar-refractivity contribution < 1.29 is 21.8 Å². The molecule has 4 rings (SSSR count). The Morgan fingerprint density at radius 1 is 1.00 bits per heavy atom. The summed E-state index contributed by atoms with van der Waals surface area (Å²) in [5, 5.41) is 0.695. The van der Waals surface area contributed by atoms with Crippen molar-refractivity contribution in [2.45, 2.75) is 18.7 Å². The molecule has 2 aromatic heterocycles. The van der Waals surface area contributed by atoms with Gasteiger partial charge in [0.2, 0.25) is 5.89 Å². The SMILES string of the molecule is CCN(CC)c1ccc2cc(-c3nc4cc(S(=O)(=O)[O-])ccc4o3)c(=O)oc2c1.[NH4+]. The maximum Gasteiger partial charge on any atom is 0.349 e. The van der Waals surface area contributed by atoms with E-state index < -0.39 is 20.6 Å². The zero-order valence-corrected chi connectivity index (χ0v) is 17.5. The van der Waals surface area contributed by atoms with Crippen LogP contribution in [0.4, 0.5) is 5.69 Å². The van der Waals surface area contributed by atoms with Gasteiger partial charge in [-0.3, -0.25) is 0 Å². The maximum atomic E-state index is 12.5. The molecule has 9 nitrogen and oxygen atoms in total. The minimum atomic E-state index is -4.62. The summed E-state index contributed by atoms with van der Waals surface area (Å²) in [4.78, 5) is 18.4. The Balaban J connectivity index is 0.00000256. The summed E-state index contributed by atoms with van der Waals surface area (Å²) in [7, 11) is -4.62. The van der Waals surface area contributed by atoms with Crippen molar-refractivity contribution in [1.29, 1.82) is 0 Å². The number of quaternary nitrogens is 1. The molecule has 30 heavy (non-hydrogen) atoms. The molecule has 0 saturated carbocycles. The normalized spacial score (nSPS) is 11.6. The van der Waals surface area contributed by atoms with Gasteiger partial charge in [-0.05, 0) is 50.2 Å². The largest absolute Gasteiger partial charge is 0.744 e. The van der Waals surface area contributed by atoms with E-state index in [1.165, 1.54) is 6.07 Å². The minimum Gasteiger partial charge on any atom is -0.744 e.